The molecule has 0 aliphatic carbocycles. The van der Waals surface area contributed by atoms with Gasteiger partial charge in [-0.25, -0.2) is 8.78 Å². The monoisotopic (exact) mass is 230 g/mol. The van der Waals surface area contributed by atoms with Crippen molar-refractivity contribution < 1.29 is 22.0 Å². The minimum atomic E-state index is -5.08. The molecule has 0 N–H and O–H groups in total. The molecule has 0 bridgehead atoms. The number of benzene rings is 1. The first-order valence-corrected chi connectivity index (χ1v) is 3.84. The molecule has 0 fully saturated rings. The van der Waals surface area contributed by atoms with Crippen LogP contribution in [0.3, 0.4) is 0 Å². The molecule has 0 heterocycles. The van der Waals surface area contributed by atoms with E-state index in [-0.39, 0.29) is 5.56 Å². The molecule has 0 radical (unpaired) electrons. The molecule has 0 atom stereocenters. The van der Waals surface area contributed by atoms with Gasteiger partial charge in [0, 0.05) is 0 Å². The third-order valence-corrected chi connectivity index (χ3v) is 1.90. The molecule has 1 rings (SSSR count). The number of alkyl halides is 3. The fourth-order valence-electron chi connectivity index (χ4n) is 0.979. The topological polar surface area (TPSA) is 0 Å². The maximum absolute atomic E-state index is 12.9. The van der Waals surface area contributed by atoms with Crippen molar-refractivity contribution in [3.63, 3.8) is 0 Å². The van der Waals surface area contributed by atoms with Gasteiger partial charge in [0.05, 0.1) is 5.02 Å². The van der Waals surface area contributed by atoms with Gasteiger partial charge in [-0.05, 0) is 18.6 Å². The molecule has 78 valence electrons. The second-order valence-electron chi connectivity index (χ2n) is 2.68. The van der Waals surface area contributed by atoms with E-state index in [9.17, 15) is 22.0 Å². The van der Waals surface area contributed by atoms with Gasteiger partial charge < -0.3 is 0 Å². The fourth-order valence-corrected chi connectivity index (χ4v) is 1.24. The summed E-state index contributed by atoms with van der Waals surface area (Å²) >= 11 is 5.16. The lowest BCUT2D eigenvalue weighted by Gasteiger charge is -2.11. The molecule has 0 aliphatic rings. The Morgan fingerprint density at radius 2 is 1.64 bits per heavy atom. The number of hydrogen-bond donors (Lipinski definition) is 0. The molecule has 0 nitrogen and oxygen atoms in total. The van der Waals surface area contributed by atoms with Gasteiger partial charge in [-0.1, -0.05) is 11.6 Å². The molecule has 0 saturated heterocycles. The molecule has 1 aromatic rings. The Morgan fingerprint density at radius 3 is 2.07 bits per heavy atom. The van der Waals surface area contributed by atoms with Gasteiger partial charge in [0.25, 0.3) is 0 Å². The summed E-state index contributed by atoms with van der Waals surface area (Å²) in [5, 5.41) is -0.740. The highest BCUT2D eigenvalue weighted by atomic mass is 35.5. The van der Waals surface area contributed by atoms with Crippen molar-refractivity contribution in [2.75, 3.05) is 0 Å². The first-order chi connectivity index (χ1) is 6.25. The van der Waals surface area contributed by atoms with Crippen molar-refractivity contribution in [1.82, 2.24) is 0 Å². The Morgan fingerprint density at radius 1 is 1.14 bits per heavy atom. The summed E-state index contributed by atoms with van der Waals surface area (Å²) < 4.78 is 62.2. The molecule has 0 saturated carbocycles. The van der Waals surface area contributed by atoms with Crippen molar-refractivity contribution in [3.8, 4) is 0 Å². The van der Waals surface area contributed by atoms with Crippen LogP contribution in [-0.2, 0) is 6.18 Å². The van der Waals surface area contributed by atoms with E-state index in [0.29, 0.717) is 0 Å². The van der Waals surface area contributed by atoms with E-state index in [2.05, 4.69) is 0 Å². The minimum Gasteiger partial charge on any atom is -0.206 e. The van der Waals surface area contributed by atoms with Crippen LogP contribution in [0.5, 0.6) is 0 Å². The molecule has 0 unspecified atom stereocenters. The lowest BCUT2D eigenvalue weighted by Crippen LogP contribution is -2.12. The highest BCUT2D eigenvalue weighted by Gasteiger charge is 2.39. The Kier molecular flexibility index (Phi) is 2.71. The van der Waals surface area contributed by atoms with Crippen molar-refractivity contribution in [2.24, 2.45) is 0 Å². The summed E-state index contributed by atoms with van der Waals surface area (Å²) in [6.07, 6.45) is -5.08. The molecule has 0 amide bonds. The predicted molar refractivity (Wildman–Crippen MR) is 41.1 cm³/mol. The molecular formula is C8H4ClF5. The number of rotatable bonds is 0. The summed E-state index contributed by atoms with van der Waals surface area (Å²) in [6.45, 7) is 1.08. The van der Waals surface area contributed by atoms with Crippen molar-refractivity contribution in [3.05, 3.63) is 33.9 Å². The van der Waals surface area contributed by atoms with E-state index in [1.165, 1.54) is 0 Å². The van der Waals surface area contributed by atoms with Crippen LogP contribution in [0.25, 0.3) is 0 Å². The zero-order valence-electron chi connectivity index (χ0n) is 6.85. The van der Waals surface area contributed by atoms with Gasteiger partial charge in [-0.2, -0.15) is 13.2 Å². The lowest BCUT2D eigenvalue weighted by molar-refractivity contribution is -0.142. The average Bonchev–Trinajstić information content (AvgIpc) is 1.98. The maximum Gasteiger partial charge on any atom is 0.422 e. The van der Waals surface area contributed by atoms with Crippen LogP contribution in [0.2, 0.25) is 5.02 Å². The smallest absolute Gasteiger partial charge is 0.206 e. The van der Waals surface area contributed by atoms with Crippen molar-refractivity contribution >= 4 is 11.6 Å². The largest absolute Gasteiger partial charge is 0.422 e. The Balaban J connectivity index is 3.56. The summed E-state index contributed by atoms with van der Waals surface area (Å²) in [4.78, 5) is 0. The molecule has 14 heavy (non-hydrogen) atoms. The van der Waals surface area contributed by atoms with Crippen LogP contribution in [0.4, 0.5) is 22.0 Å². The quantitative estimate of drug-likeness (QED) is 0.468. The zero-order valence-corrected chi connectivity index (χ0v) is 7.60. The minimum absolute atomic E-state index is 0.344. The van der Waals surface area contributed by atoms with Crippen LogP contribution >= 0.6 is 11.6 Å². The van der Waals surface area contributed by atoms with Crippen LogP contribution < -0.4 is 0 Å². The maximum atomic E-state index is 12.9. The Hall–Kier alpha value is -0.840. The standard InChI is InChI=1S/C8H4ClF5/c1-3-2-4(9)7(11)5(6(3)10)8(12,13)14/h2H,1H3. The first-order valence-electron chi connectivity index (χ1n) is 3.46. The predicted octanol–water partition coefficient (Wildman–Crippen LogP) is 3.95. The van der Waals surface area contributed by atoms with E-state index < -0.39 is 28.4 Å². The third-order valence-electron chi connectivity index (χ3n) is 1.62. The number of halogens is 6. The number of aryl methyl sites for hydroxylation is 1. The second-order valence-corrected chi connectivity index (χ2v) is 3.08. The SMILES string of the molecule is Cc1cc(Cl)c(F)c(C(F)(F)F)c1F. The van der Waals surface area contributed by atoms with Gasteiger partial charge in [0.15, 0.2) is 5.82 Å². The summed E-state index contributed by atoms with van der Waals surface area (Å²) in [6, 6.07) is 0.807. The van der Waals surface area contributed by atoms with Gasteiger partial charge in [-0.15, -0.1) is 0 Å². The molecular weight excluding hydrogens is 227 g/mol. The Bertz CT molecular complexity index is 343. The van der Waals surface area contributed by atoms with Crippen LogP contribution in [0.15, 0.2) is 6.07 Å². The van der Waals surface area contributed by atoms with Crippen LogP contribution in [0, 0.1) is 18.6 Å². The first kappa shape index (κ1) is 11.2. The van der Waals surface area contributed by atoms with E-state index in [0.717, 1.165) is 13.0 Å². The van der Waals surface area contributed by atoms with Gasteiger partial charge >= 0.3 is 6.18 Å². The molecule has 0 aromatic heterocycles. The number of hydrogen-bond acceptors (Lipinski definition) is 0. The third kappa shape index (κ3) is 1.82. The Labute approximate surface area is 81.3 Å². The second kappa shape index (κ2) is 3.38. The fraction of sp³-hybridized carbons (Fsp3) is 0.250. The van der Waals surface area contributed by atoms with Gasteiger partial charge in [0.1, 0.15) is 11.4 Å². The van der Waals surface area contributed by atoms with Crippen LogP contribution in [0.1, 0.15) is 11.1 Å². The highest BCUT2D eigenvalue weighted by Crippen LogP contribution is 2.37. The van der Waals surface area contributed by atoms with Gasteiger partial charge in [0.2, 0.25) is 0 Å². The van der Waals surface area contributed by atoms with E-state index >= 15 is 0 Å². The van der Waals surface area contributed by atoms with Crippen LogP contribution in [-0.4, -0.2) is 0 Å². The normalized spacial score (nSPS) is 11.9. The van der Waals surface area contributed by atoms with Crippen molar-refractivity contribution in [1.29, 1.82) is 0 Å². The average molecular weight is 231 g/mol. The molecule has 6 heteroatoms. The van der Waals surface area contributed by atoms with E-state index in [1.807, 2.05) is 0 Å². The molecule has 0 aliphatic heterocycles. The van der Waals surface area contributed by atoms with Crippen molar-refractivity contribution in [2.45, 2.75) is 13.1 Å². The van der Waals surface area contributed by atoms with E-state index in [1.54, 1.807) is 0 Å². The van der Waals surface area contributed by atoms with E-state index in [4.69, 9.17) is 11.6 Å². The zero-order chi connectivity index (χ0) is 11.1. The summed E-state index contributed by atoms with van der Waals surface area (Å²) in [7, 11) is 0. The molecule has 1 aromatic carbocycles. The summed E-state index contributed by atoms with van der Waals surface area (Å²) in [5.74, 6) is -3.40. The highest BCUT2D eigenvalue weighted by molar-refractivity contribution is 6.30. The molecule has 0 spiro atoms. The lowest BCUT2D eigenvalue weighted by atomic mass is 10.1. The summed E-state index contributed by atoms with van der Waals surface area (Å²) in [5.41, 5.74) is -2.29. The van der Waals surface area contributed by atoms with Gasteiger partial charge in [-0.3, -0.25) is 0 Å².